The minimum atomic E-state index is -0.383. The molecule has 0 aromatic heterocycles. The second kappa shape index (κ2) is 7.66. The van der Waals surface area contributed by atoms with Crippen molar-refractivity contribution >= 4 is 5.91 Å². The Kier molecular flexibility index (Phi) is 5.34. The van der Waals surface area contributed by atoms with Crippen LogP contribution in [0.2, 0.25) is 0 Å². The van der Waals surface area contributed by atoms with E-state index in [4.69, 9.17) is 4.74 Å². The maximum atomic E-state index is 14.0. The number of hydrogen-bond acceptors (Lipinski definition) is 2. The van der Waals surface area contributed by atoms with E-state index in [1.165, 1.54) is 13.2 Å². The molecule has 1 amide bonds. The monoisotopic (exact) mass is 343 g/mol. The Balaban J connectivity index is 1.79. The van der Waals surface area contributed by atoms with E-state index in [0.29, 0.717) is 12.6 Å². The second-order valence-electron chi connectivity index (χ2n) is 6.62. The summed E-state index contributed by atoms with van der Waals surface area (Å²) < 4.78 is 18.9. The molecule has 25 heavy (non-hydrogen) atoms. The highest BCUT2D eigenvalue weighted by Gasteiger charge is 2.33. The molecule has 2 N–H and O–H groups in total. The van der Waals surface area contributed by atoms with E-state index in [-0.39, 0.29) is 23.5 Å². The van der Waals surface area contributed by atoms with Crippen LogP contribution in [0.25, 0.3) is 0 Å². The van der Waals surface area contributed by atoms with E-state index in [0.717, 1.165) is 28.9 Å². The SMILES string of the molecule is COc1ccc(C[NH+](C)[C@@H](C(=O)NC2CC2)c2ccccc2)cc1F. The fraction of sp³-hybridized carbons (Fsp3) is 0.350. The number of amides is 1. The fourth-order valence-electron chi connectivity index (χ4n) is 3.06. The average Bonchev–Trinajstić information content (AvgIpc) is 3.40. The van der Waals surface area contributed by atoms with Gasteiger partial charge in [0.25, 0.3) is 5.91 Å². The van der Waals surface area contributed by atoms with Crippen LogP contribution in [0.15, 0.2) is 48.5 Å². The molecule has 2 aromatic carbocycles. The van der Waals surface area contributed by atoms with Crippen LogP contribution in [0, 0.1) is 5.82 Å². The van der Waals surface area contributed by atoms with E-state index < -0.39 is 0 Å². The van der Waals surface area contributed by atoms with E-state index in [1.807, 2.05) is 43.4 Å². The van der Waals surface area contributed by atoms with Crippen LogP contribution in [-0.4, -0.2) is 26.1 Å². The van der Waals surface area contributed by atoms with Crippen LogP contribution >= 0.6 is 0 Å². The third-order valence-corrected chi connectivity index (χ3v) is 4.51. The zero-order chi connectivity index (χ0) is 17.8. The van der Waals surface area contributed by atoms with Gasteiger partial charge >= 0.3 is 0 Å². The van der Waals surface area contributed by atoms with Gasteiger partial charge in [0.2, 0.25) is 0 Å². The third-order valence-electron chi connectivity index (χ3n) is 4.51. The molecule has 2 atom stereocenters. The highest BCUT2D eigenvalue weighted by molar-refractivity contribution is 5.82. The minimum absolute atomic E-state index is 0.0279. The normalized spacial score (nSPS) is 16.1. The van der Waals surface area contributed by atoms with Crippen molar-refractivity contribution < 1.29 is 18.8 Å². The van der Waals surface area contributed by atoms with Crippen LogP contribution in [0.3, 0.4) is 0 Å². The van der Waals surface area contributed by atoms with Crippen molar-refractivity contribution in [3.8, 4) is 5.75 Å². The number of nitrogens with one attached hydrogen (secondary N) is 2. The van der Waals surface area contributed by atoms with Crippen molar-refractivity contribution in [2.45, 2.75) is 31.5 Å². The molecule has 3 rings (SSSR count). The highest BCUT2D eigenvalue weighted by atomic mass is 19.1. The van der Waals surface area contributed by atoms with Crippen molar-refractivity contribution in [1.82, 2.24) is 5.32 Å². The van der Waals surface area contributed by atoms with Gasteiger partial charge in [0, 0.05) is 17.2 Å². The standard InChI is InChI=1S/C20H23FN2O2/c1-23(13-14-8-11-18(25-2)17(21)12-14)19(15-6-4-3-5-7-15)20(24)22-16-9-10-16/h3-8,11-12,16,19H,9-10,13H2,1-2H3,(H,22,24)/p+1/t19-/m1/s1. The van der Waals surface area contributed by atoms with Gasteiger partial charge in [-0.05, 0) is 31.0 Å². The molecule has 132 valence electrons. The molecule has 1 saturated carbocycles. The first kappa shape index (κ1) is 17.4. The Morgan fingerprint density at radius 2 is 2.00 bits per heavy atom. The van der Waals surface area contributed by atoms with Gasteiger partial charge < -0.3 is 15.0 Å². The Morgan fingerprint density at radius 1 is 1.28 bits per heavy atom. The lowest BCUT2D eigenvalue weighted by atomic mass is 10.0. The summed E-state index contributed by atoms with van der Waals surface area (Å²) in [6.07, 6.45) is 2.10. The summed E-state index contributed by atoms with van der Waals surface area (Å²) in [6.45, 7) is 0.540. The Labute approximate surface area is 147 Å². The number of quaternary nitrogens is 1. The lowest BCUT2D eigenvalue weighted by molar-refractivity contribution is -0.916. The van der Waals surface area contributed by atoms with E-state index in [1.54, 1.807) is 6.07 Å². The molecular formula is C20H24FN2O2+. The minimum Gasteiger partial charge on any atom is -0.494 e. The fourth-order valence-corrected chi connectivity index (χ4v) is 3.06. The Bertz CT molecular complexity index is 732. The van der Waals surface area contributed by atoms with Crippen molar-refractivity contribution in [2.75, 3.05) is 14.2 Å². The maximum Gasteiger partial charge on any atom is 0.283 e. The first-order valence-electron chi connectivity index (χ1n) is 8.58. The second-order valence-corrected chi connectivity index (χ2v) is 6.62. The van der Waals surface area contributed by atoms with Crippen molar-refractivity contribution in [1.29, 1.82) is 0 Å². The highest BCUT2D eigenvalue weighted by Crippen LogP contribution is 2.21. The molecule has 2 aromatic rings. The number of halogens is 1. The molecule has 1 aliphatic rings. The molecule has 0 heterocycles. The van der Waals surface area contributed by atoms with E-state index >= 15 is 0 Å². The zero-order valence-corrected chi connectivity index (χ0v) is 14.6. The smallest absolute Gasteiger partial charge is 0.283 e. The molecule has 0 saturated heterocycles. The lowest BCUT2D eigenvalue weighted by Crippen LogP contribution is -3.09. The number of ether oxygens (including phenoxy) is 1. The summed E-state index contributed by atoms with van der Waals surface area (Å²) >= 11 is 0. The number of carbonyl (C=O) groups excluding carboxylic acids is 1. The largest absolute Gasteiger partial charge is 0.494 e. The van der Waals surface area contributed by atoms with Crippen LogP contribution in [0.5, 0.6) is 5.75 Å². The molecule has 1 aliphatic carbocycles. The average molecular weight is 343 g/mol. The summed E-state index contributed by atoms with van der Waals surface area (Å²) in [5.41, 5.74) is 1.79. The van der Waals surface area contributed by atoms with Gasteiger partial charge in [-0.15, -0.1) is 0 Å². The molecule has 0 radical (unpaired) electrons. The quantitative estimate of drug-likeness (QED) is 0.806. The van der Waals surface area contributed by atoms with Crippen LogP contribution in [0.4, 0.5) is 4.39 Å². The molecular weight excluding hydrogens is 319 g/mol. The molecule has 0 aliphatic heterocycles. The molecule has 1 unspecified atom stereocenters. The first-order valence-corrected chi connectivity index (χ1v) is 8.58. The molecule has 0 spiro atoms. The van der Waals surface area contributed by atoms with Gasteiger partial charge in [-0.1, -0.05) is 30.3 Å². The van der Waals surface area contributed by atoms with Crippen molar-refractivity contribution in [3.05, 3.63) is 65.5 Å². The summed E-state index contributed by atoms with van der Waals surface area (Å²) in [5, 5.41) is 3.09. The predicted octanol–water partition coefficient (Wildman–Crippen LogP) is 1.87. The van der Waals surface area contributed by atoms with E-state index in [2.05, 4.69) is 5.32 Å². The number of likely N-dealkylation sites (N-methyl/N-ethyl adjacent to an activating group) is 1. The number of methoxy groups -OCH3 is 1. The Morgan fingerprint density at radius 3 is 2.60 bits per heavy atom. The third kappa shape index (κ3) is 4.37. The Hall–Kier alpha value is -2.40. The first-order chi connectivity index (χ1) is 12.1. The summed E-state index contributed by atoms with van der Waals surface area (Å²) in [6, 6.07) is 14.7. The number of hydrogen-bond donors (Lipinski definition) is 2. The van der Waals surface area contributed by atoms with Crippen LogP contribution < -0.4 is 15.0 Å². The number of rotatable bonds is 7. The number of carbonyl (C=O) groups is 1. The van der Waals surface area contributed by atoms with Gasteiger partial charge in [-0.3, -0.25) is 4.79 Å². The molecule has 4 nitrogen and oxygen atoms in total. The summed E-state index contributed by atoms with van der Waals surface area (Å²) in [5.74, 6) is -0.126. The van der Waals surface area contributed by atoms with Gasteiger partial charge in [0.15, 0.2) is 17.6 Å². The zero-order valence-electron chi connectivity index (χ0n) is 14.6. The van der Waals surface area contributed by atoms with Gasteiger partial charge in [-0.25, -0.2) is 4.39 Å². The summed E-state index contributed by atoms with van der Waals surface area (Å²) in [4.78, 5) is 13.8. The van der Waals surface area contributed by atoms with Gasteiger partial charge in [0.05, 0.1) is 14.2 Å². The van der Waals surface area contributed by atoms with Crippen LogP contribution in [0.1, 0.15) is 30.0 Å². The molecule has 5 heteroatoms. The van der Waals surface area contributed by atoms with Crippen molar-refractivity contribution in [2.24, 2.45) is 0 Å². The van der Waals surface area contributed by atoms with Gasteiger partial charge in [0.1, 0.15) is 6.54 Å². The van der Waals surface area contributed by atoms with Gasteiger partial charge in [-0.2, -0.15) is 0 Å². The predicted molar refractivity (Wildman–Crippen MR) is 93.9 cm³/mol. The van der Waals surface area contributed by atoms with E-state index in [9.17, 15) is 9.18 Å². The topological polar surface area (TPSA) is 42.8 Å². The lowest BCUT2D eigenvalue weighted by Gasteiger charge is -2.25. The molecule has 0 bridgehead atoms. The van der Waals surface area contributed by atoms with Crippen molar-refractivity contribution in [3.63, 3.8) is 0 Å². The molecule has 1 fully saturated rings. The summed E-state index contributed by atoms with van der Waals surface area (Å²) in [7, 11) is 3.41. The van der Waals surface area contributed by atoms with Crippen LogP contribution in [-0.2, 0) is 11.3 Å². The maximum absolute atomic E-state index is 14.0. The number of benzene rings is 2.